The highest BCUT2D eigenvalue weighted by atomic mass is 32.2. The van der Waals surface area contributed by atoms with E-state index in [0.29, 0.717) is 19.4 Å². The Balaban J connectivity index is 1.53. The third-order valence-corrected chi connectivity index (χ3v) is 7.05. The van der Waals surface area contributed by atoms with Crippen LogP contribution in [0.4, 0.5) is 0 Å². The normalized spacial score (nSPS) is 12.2. The molecule has 0 aromatic heterocycles. The molecule has 0 spiro atoms. The SMILES string of the molecule is COc1ccc(CN(C)C(=O)CCc2ccc(S(=O)(=O)N[C@H](C)c3ccccc3)cc2)cc1. The number of nitrogens with zero attached hydrogens (tertiary/aromatic N) is 1. The number of sulfonamides is 1. The highest BCUT2D eigenvalue weighted by Crippen LogP contribution is 2.18. The minimum Gasteiger partial charge on any atom is -0.497 e. The molecular formula is C26H30N2O4S. The zero-order chi connectivity index (χ0) is 23.8. The first-order valence-electron chi connectivity index (χ1n) is 10.8. The van der Waals surface area contributed by atoms with E-state index in [2.05, 4.69) is 4.72 Å². The number of hydrogen-bond acceptors (Lipinski definition) is 4. The van der Waals surface area contributed by atoms with Crippen LogP contribution in [0.15, 0.2) is 83.8 Å². The number of hydrogen-bond donors (Lipinski definition) is 1. The number of ether oxygens (including phenoxy) is 1. The molecule has 1 atom stereocenters. The van der Waals surface area contributed by atoms with Crippen LogP contribution >= 0.6 is 0 Å². The van der Waals surface area contributed by atoms with Gasteiger partial charge in [0, 0.05) is 26.1 Å². The molecule has 0 heterocycles. The van der Waals surface area contributed by atoms with E-state index in [1.165, 1.54) is 0 Å². The lowest BCUT2D eigenvalue weighted by Gasteiger charge is -2.18. The lowest BCUT2D eigenvalue weighted by Crippen LogP contribution is -2.27. The van der Waals surface area contributed by atoms with Crippen LogP contribution in [0.3, 0.4) is 0 Å². The predicted octanol–water partition coefficient (Wildman–Crippen LogP) is 4.33. The van der Waals surface area contributed by atoms with Crippen LogP contribution in [0.25, 0.3) is 0 Å². The van der Waals surface area contributed by atoms with Gasteiger partial charge >= 0.3 is 0 Å². The van der Waals surface area contributed by atoms with Gasteiger partial charge in [-0.25, -0.2) is 13.1 Å². The summed E-state index contributed by atoms with van der Waals surface area (Å²) in [6.07, 6.45) is 0.891. The molecule has 0 fully saturated rings. The summed E-state index contributed by atoms with van der Waals surface area (Å²) in [6.45, 7) is 2.33. The monoisotopic (exact) mass is 466 g/mol. The molecule has 6 nitrogen and oxygen atoms in total. The largest absolute Gasteiger partial charge is 0.497 e. The number of amides is 1. The predicted molar refractivity (Wildman–Crippen MR) is 129 cm³/mol. The number of nitrogens with one attached hydrogen (secondary N) is 1. The smallest absolute Gasteiger partial charge is 0.241 e. The molecule has 7 heteroatoms. The molecule has 33 heavy (non-hydrogen) atoms. The molecule has 0 aliphatic heterocycles. The Morgan fingerprint density at radius 2 is 1.55 bits per heavy atom. The van der Waals surface area contributed by atoms with Gasteiger partial charge in [-0.2, -0.15) is 0 Å². The molecule has 0 saturated heterocycles. The van der Waals surface area contributed by atoms with Crippen LogP contribution in [-0.4, -0.2) is 33.4 Å². The fourth-order valence-corrected chi connectivity index (χ4v) is 4.71. The first kappa shape index (κ1) is 24.5. The summed E-state index contributed by atoms with van der Waals surface area (Å²) >= 11 is 0. The Morgan fingerprint density at radius 1 is 0.939 bits per heavy atom. The first-order valence-corrected chi connectivity index (χ1v) is 12.3. The van der Waals surface area contributed by atoms with Crippen molar-refractivity contribution in [1.82, 2.24) is 9.62 Å². The van der Waals surface area contributed by atoms with E-state index >= 15 is 0 Å². The fraction of sp³-hybridized carbons (Fsp3) is 0.269. The van der Waals surface area contributed by atoms with Crippen molar-refractivity contribution in [3.05, 3.63) is 95.6 Å². The van der Waals surface area contributed by atoms with Crippen molar-refractivity contribution >= 4 is 15.9 Å². The Bertz CT molecular complexity index is 1150. The molecule has 0 bridgehead atoms. The number of carbonyl (C=O) groups excluding carboxylic acids is 1. The van der Waals surface area contributed by atoms with Crippen molar-refractivity contribution < 1.29 is 17.9 Å². The lowest BCUT2D eigenvalue weighted by molar-refractivity contribution is -0.130. The van der Waals surface area contributed by atoms with E-state index in [-0.39, 0.29) is 16.8 Å². The molecule has 0 saturated carbocycles. The van der Waals surface area contributed by atoms with E-state index in [0.717, 1.165) is 22.4 Å². The van der Waals surface area contributed by atoms with Crippen LogP contribution < -0.4 is 9.46 Å². The molecule has 1 N–H and O–H groups in total. The van der Waals surface area contributed by atoms with Crippen molar-refractivity contribution in [2.45, 2.75) is 37.2 Å². The summed E-state index contributed by atoms with van der Waals surface area (Å²) in [7, 11) is -0.244. The van der Waals surface area contributed by atoms with Gasteiger partial charge in [0.2, 0.25) is 15.9 Å². The quantitative estimate of drug-likeness (QED) is 0.483. The molecule has 0 radical (unpaired) electrons. The Morgan fingerprint density at radius 3 is 2.15 bits per heavy atom. The van der Waals surface area contributed by atoms with Crippen molar-refractivity contribution in [3.63, 3.8) is 0 Å². The van der Waals surface area contributed by atoms with E-state index in [1.54, 1.807) is 43.3 Å². The van der Waals surface area contributed by atoms with Gasteiger partial charge in [0.05, 0.1) is 12.0 Å². The van der Waals surface area contributed by atoms with Gasteiger partial charge in [-0.15, -0.1) is 0 Å². The van der Waals surface area contributed by atoms with E-state index < -0.39 is 10.0 Å². The van der Waals surface area contributed by atoms with Crippen LogP contribution in [-0.2, 0) is 27.8 Å². The summed E-state index contributed by atoms with van der Waals surface area (Å²) in [5.74, 6) is 0.809. The third-order valence-electron chi connectivity index (χ3n) is 5.50. The maximum atomic E-state index is 12.7. The number of methoxy groups -OCH3 is 1. The van der Waals surface area contributed by atoms with Crippen LogP contribution in [0.2, 0.25) is 0 Å². The molecule has 3 aromatic rings. The van der Waals surface area contributed by atoms with Gasteiger partial charge in [-0.1, -0.05) is 54.6 Å². The summed E-state index contributed by atoms with van der Waals surface area (Å²) in [4.78, 5) is 14.4. The maximum absolute atomic E-state index is 12.7. The van der Waals surface area contributed by atoms with Crippen molar-refractivity contribution in [2.75, 3.05) is 14.2 Å². The summed E-state index contributed by atoms with van der Waals surface area (Å²) in [5.41, 5.74) is 2.84. The average Bonchev–Trinajstić information content (AvgIpc) is 2.83. The summed E-state index contributed by atoms with van der Waals surface area (Å²) in [5, 5.41) is 0. The van der Waals surface area contributed by atoms with Crippen LogP contribution in [0.1, 0.15) is 36.1 Å². The second-order valence-corrected chi connectivity index (χ2v) is 9.71. The van der Waals surface area contributed by atoms with Crippen LogP contribution in [0, 0.1) is 0 Å². The number of carbonyl (C=O) groups is 1. The lowest BCUT2D eigenvalue weighted by atomic mass is 10.1. The van der Waals surface area contributed by atoms with Gasteiger partial charge in [-0.05, 0) is 54.3 Å². The van der Waals surface area contributed by atoms with E-state index in [4.69, 9.17) is 4.74 Å². The van der Waals surface area contributed by atoms with Gasteiger partial charge in [-0.3, -0.25) is 4.79 Å². The molecule has 0 aliphatic rings. The molecule has 3 aromatic carbocycles. The molecule has 174 valence electrons. The molecule has 0 unspecified atom stereocenters. The van der Waals surface area contributed by atoms with Crippen molar-refractivity contribution in [1.29, 1.82) is 0 Å². The second kappa shape index (κ2) is 11.1. The molecule has 0 aliphatic carbocycles. The highest BCUT2D eigenvalue weighted by molar-refractivity contribution is 7.89. The Kier molecular flexibility index (Phi) is 8.25. The minimum atomic E-state index is -3.64. The molecule has 1 amide bonds. The van der Waals surface area contributed by atoms with Gasteiger partial charge in [0.15, 0.2) is 0 Å². The second-order valence-electron chi connectivity index (χ2n) is 8.00. The van der Waals surface area contributed by atoms with E-state index in [9.17, 15) is 13.2 Å². The van der Waals surface area contributed by atoms with Crippen LogP contribution in [0.5, 0.6) is 5.75 Å². The summed E-state index contributed by atoms with van der Waals surface area (Å²) in [6, 6.07) is 23.4. The zero-order valence-electron chi connectivity index (χ0n) is 19.2. The maximum Gasteiger partial charge on any atom is 0.241 e. The standard InChI is InChI=1S/C26H30N2O4S/c1-20(23-7-5-4-6-8-23)27-33(30,31)25-16-11-21(12-17-25)13-18-26(29)28(2)19-22-9-14-24(32-3)15-10-22/h4-12,14-17,20,27H,13,18-19H2,1-3H3/t20-/m1/s1. The number of benzene rings is 3. The average molecular weight is 467 g/mol. The van der Waals surface area contributed by atoms with Crippen molar-refractivity contribution in [3.8, 4) is 5.75 Å². The topological polar surface area (TPSA) is 75.7 Å². The third kappa shape index (κ3) is 6.91. The number of rotatable bonds is 10. The van der Waals surface area contributed by atoms with Gasteiger partial charge < -0.3 is 9.64 Å². The van der Waals surface area contributed by atoms with Crippen molar-refractivity contribution in [2.24, 2.45) is 0 Å². The zero-order valence-corrected chi connectivity index (χ0v) is 20.0. The molecule has 3 rings (SSSR count). The fourth-order valence-electron chi connectivity index (χ4n) is 3.48. The Hall–Kier alpha value is -3.16. The number of aryl methyl sites for hydroxylation is 1. The first-order chi connectivity index (χ1) is 15.8. The van der Waals surface area contributed by atoms with E-state index in [1.807, 2.05) is 61.5 Å². The Labute approximate surface area is 196 Å². The van der Waals surface area contributed by atoms with Gasteiger partial charge in [0.1, 0.15) is 5.75 Å². The minimum absolute atomic E-state index is 0.0286. The summed E-state index contributed by atoms with van der Waals surface area (Å²) < 4.78 is 33.3. The highest BCUT2D eigenvalue weighted by Gasteiger charge is 2.18. The molecular weight excluding hydrogens is 436 g/mol. The van der Waals surface area contributed by atoms with Gasteiger partial charge in [0.25, 0.3) is 0 Å².